The van der Waals surface area contributed by atoms with Crippen LogP contribution in [0, 0.1) is 11.3 Å². The predicted octanol–water partition coefficient (Wildman–Crippen LogP) is 2.96. The number of nitrogens with two attached hydrogens (primary N) is 1. The lowest BCUT2D eigenvalue weighted by molar-refractivity contribution is 0.599. The molecule has 0 aliphatic heterocycles. The molecule has 1 aromatic carbocycles. The molecule has 3 heteroatoms. The number of nitrogens with zero attached hydrogens (tertiary/aromatic N) is 1. The summed E-state index contributed by atoms with van der Waals surface area (Å²) in [5.41, 5.74) is 7.97. The summed E-state index contributed by atoms with van der Waals surface area (Å²) in [6, 6.07) is 11.8. The summed E-state index contributed by atoms with van der Waals surface area (Å²) in [6.45, 7) is 1.98. The van der Waals surface area contributed by atoms with Gasteiger partial charge in [-0.25, -0.2) is 0 Å². The smallest absolute Gasteiger partial charge is 0.209 e. The lowest BCUT2D eigenvalue weighted by atomic mass is 10.0. The minimum Gasteiger partial charge on any atom is -0.439 e. The van der Waals surface area contributed by atoms with Crippen molar-refractivity contribution in [3.05, 3.63) is 41.5 Å². The maximum atomic E-state index is 9.00. The van der Waals surface area contributed by atoms with Gasteiger partial charge in [0.25, 0.3) is 0 Å². The molecule has 0 saturated heterocycles. The third-order valence-electron chi connectivity index (χ3n) is 2.54. The van der Waals surface area contributed by atoms with E-state index in [-0.39, 0.29) is 5.88 Å². The maximum absolute atomic E-state index is 9.00. The highest BCUT2D eigenvalue weighted by molar-refractivity contribution is 5.69. The summed E-state index contributed by atoms with van der Waals surface area (Å²) in [5, 5.41) is 9.00. The molecule has 1 aromatic heterocycles. The number of rotatable bonds is 2. The van der Waals surface area contributed by atoms with Crippen molar-refractivity contribution < 1.29 is 4.42 Å². The Morgan fingerprint density at radius 1 is 1.31 bits per heavy atom. The zero-order valence-corrected chi connectivity index (χ0v) is 9.03. The summed E-state index contributed by atoms with van der Waals surface area (Å²) in [6.07, 6.45) is 0.730. The van der Waals surface area contributed by atoms with Crippen molar-refractivity contribution in [3.63, 3.8) is 0 Å². The van der Waals surface area contributed by atoms with E-state index in [1.165, 1.54) is 0 Å². The van der Waals surface area contributed by atoms with Crippen LogP contribution in [0.2, 0.25) is 0 Å². The van der Waals surface area contributed by atoms with Gasteiger partial charge in [0.05, 0.1) is 0 Å². The van der Waals surface area contributed by atoms with Gasteiger partial charge in [0.15, 0.2) is 0 Å². The maximum Gasteiger partial charge on any atom is 0.209 e. The highest BCUT2D eigenvalue weighted by atomic mass is 16.4. The second kappa shape index (κ2) is 4.11. The van der Waals surface area contributed by atoms with Gasteiger partial charge in [-0.2, -0.15) is 5.26 Å². The Balaban J connectivity index is 2.63. The molecular formula is C13H12N2O. The van der Waals surface area contributed by atoms with Crippen LogP contribution < -0.4 is 5.73 Å². The summed E-state index contributed by atoms with van der Waals surface area (Å²) < 4.78 is 5.47. The number of hydrogen-bond acceptors (Lipinski definition) is 3. The Bertz CT molecular complexity index is 535. The molecule has 0 spiro atoms. The van der Waals surface area contributed by atoms with Crippen molar-refractivity contribution in [2.75, 3.05) is 5.73 Å². The average Bonchev–Trinajstić information content (AvgIpc) is 2.66. The normalized spacial score (nSPS) is 10.0. The van der Waals surface area contributed by atoms with Gasteiger partial charge in [0.2, 0.25) is 5.88 Å². The minimum atomic E-state index is 0.207. The lowest BCUT2D eigenvalue weighted by Gasteiger charge is -1.99. The third-order valence-corrected chi connectivity index (χ3v) is 2.54. The minimum absolute atomic E-state index is 0.207. The highest BCUT2D eigenvalue weighted by Gasteiger charge is 2.17. The first-order valence-electron chi connectivity index (χ1n) is 5.14. The van der Waals surface area contributed by atoms with E-state index >= 15 is 0 Å². The largest absolute Gasteiger partial charge is 0.439 e. The molecule has 1 heterocycles. The van der Waals surface area contributed by atoms with Crippen LogP contribution in [0.3, 0.4) is 0 Å². The van der Waals surface area contributed by atoms with Gasteiger partial charge in [-0.1, -0.05) is 37.3 Å². The molecule has 0 aliphatic carbocycles. The van der Waals surface area contributed by atoms with Crippen molar-refractivity contribution in [2.45, 2.75) is 13.3 Å². The standard InChI is InChI=1S/C13H12N2O/c1-2-10-11(8-14)13(15)16-12(10)9-6-4-3-5-7-9/h3-7H,2,15H2,1H3. The number of anilines is 1. The van der Waals surface area contributed by atoms with E-state index in [0.29, 0.717) is 11.3 Å². The van der Waals surface area contributed by atoms with Gasteiger partial charge in [0.1, 0.15) is 17.4 Å². The zero-order chi connectivity index (χ0) is 11.5. The molecule has 0 radical (unpaired) electrons. The zero-order valence-electron chi connectivity index (χ0n) is 9.03. The molecule has 0 amide bonds. The van der Waals surface area contributed by atoms with Crippen LogP contribution in [0.4, 0.5) is 5.88 Å². The number of hydrogen-bond donors (Lipinski definition) is 1. The summed E-state index contributed by atoms with van der Waals surface area (Å²) >= 11 is 0. The van der Waals surface area contributed by atoms with Gasteiger partial charge in [-0.15, -0.1) is 0 Å². The summed E-state index contributed by atoms with van der Waals surface area (Å²) in [4.78, 5) is 0. The van der Waals surface area contributed by atoms with Gasteiger partial charge < -0.3 is 10.2 Å². The summed E-state index contributed by atoms with van der Waals surface area (Å²) in [7, 11) is 0. The first kappa shape index (κ1) is 10.3. The molecule has 0 aliphatic rings. The molecule has 0 saturated carbocycles. The van der Waals surface area contributed by atoms with Gasteiger partial charge in [-0.3, -0.25) is 0 Å². The second-order valence-electron chi connectivity index (χ2n) is 3.48. The molecular weight excluding hydrogens is 200 g/mol. The first-order chi connectivity index (χ1) is 7.77. The van der Waals surface area contributed by atoms with E-state index in [4.69, 9.17) is 15.4 Å². The highest BCUT2D eigenvalue weighted by Crippen LogP contribution is 2.32. The molecule has 2 rings (SSSR count). The predicted molar refractivity (Wildman–Crippen MR) is 62.6 cm³/mol. The summed E-state index contributed by atoms with van der Waals surface area (Å²) in [5.74, 6) is 0.912. The number of nitriles is 1. The third kappa shape index (κ3) is 1.55. The van der Waals surface area contributed by atoms with Crippen molar-refractivity contribution in [2.24, 2.45) is 0 Å². The average molecular weight is 212 g/mol. The van der Waals surface area contributed by atoms with Crippen LogP contribution in [0.15, 0.2) is 34.7 Å². The van der Waals surface area contributed by atoms with E-state index in [2.05, 4.69) is 6.07 Å². The van der Waals surface area contributed by atoms with Gasteiger partial charge in [-0.05, 0) is 6.42 Å². The van der Waals surface area contributed by atoms with E-state index in [9.17, 15) is 0 Å². The molecule has 80 valence electrons. The monoisotopic (exact) mass is 212 g/mol. The number of benzene rings is 1. The SMILES string of the molecule is CCc1c(-c2ccccc2)oc(N)c1C#N. The molecule has 2 N–H and O–H groups in total. The number of nitrogen functional groups attached to an aromatic ring is 1. The molecule has 0 fully saturated rings. The van der Waals surface area contributed by atoms with Crippen molar-refractivity contribution in [3.8, 4) is 17.4 Å². The topological polar surface area (TPSA) is 62.9 Å². The fourth-order valence-electron chi connectivity index (χ4n) is 1.77. The van der Waals surface area contributed by atoms with E-state index in [0.717, 1.165) is 17.5 Å². The van der Waals surface area contributed by atoms with E-state index < -0.39 is 0 Å². The Kier molecular flexibility index (Phi) is 2.65. The number of furan rings is 1. The Morgan fingerprint density at radius 2 is 2.00 bits per heavy atom. The fourth-order valence-corrected chi connectivity index (χ4v) is 1.77. The molecule has 3 nitrogen and oxygen atoms in total. The van der Waals surface area contributed by atoms with Crippen LogP contribution in [0.25, 0.3) is 11.3 Å². The Labute approximate surface area is 94.1 Å². The molecule has 0 atom stereocenters. The van der Waals surface area contributed by atoms with Gasteiger partial charge in [0, 0.05) is 11.1 Å². The molecule has 16 heavy (non-hydrogen) atoms. The van der Waals surface area contributed by atoms with E-state index in [1.807, 2.05) is 37.3 Å². The van der Waals surface area contributed by atoms with Crippen molar-refractivity contribution >= 4 is 5.88 Å². The molecule has 2 aromatic rings. The van der Waals surface area contributed by atoms with Crippen LogP contribution in [0.1, 0.15) is 18.1 Å². The van der Waals surface area contributed by atoms with Crippen molar-refractivity contribution in [1.82, 2.24) is 0 Å². The van der Waals surface area contributed by atoms with E-state index in [1.54, 1.807) is 0 Å². The Hall–Kier alpha value is -2.21. The quantitative estimate of drug-likeness (QED) is 0.832. The van der Waals surface area contributed by atoms with Crippen LogP contribution in [-0.2, 0) is 6.42 Å². The second-order valence-corrected chi connectivity index (χ2v) is 3.48. The lowest BCUT2D eigenvalue weighted by Crippen LogP contribution is -1.88. The Morgan fingerprint density at radius 3 is 2.56 bits per heavy atom. The molecule has 0 bridgehead atoms. The fraction of sp³-hybridized carbons (Fsp3) is 0.154. The van der Waals surface area contributed by atoms with Crippen LogP contribution >= 0.6 is 0 Å². The van der Waals surface area contributed by atoms with Crippen LogP contribution in [-0.4, -0.2) is 0 Å². The van der Waals surface area contributed by atoms with Crippen molar-refractivity contribution in [1.29, 1.82) is 5.26 Å². The van der Waals surface area contributed by atoms with Crippen LogP contribution in [0.5, 0.6) is 0 Å². The van der Waals surface area contributed by atoms with Gasteiger partial charge >= 0.3 is 0 Å². The molecule has 0 unspecified atom stereocenters. The first-order valence-corrected chi connectivity index (χ1v) is 5.14.